The fourth-order valence-electron chi connectivity index (χ4n) is 2.47. The lowest BCUT2D eigenvalue weighted by molar-refractivity contribution is -0.139. The van der Waals surface area contributed by atoms with Crippen LogP contribution in [-0.2, 0) is 9.53 Å². The maximum Gasteiger partial charge on any atom is 0.315 e. The molecule has 0 bridgehead atoms. The van der Waals surface area contributed by atoms with Gasteiger partial charge in [0.15, 0.2) is 0 Å². The zero-order chi connectivity index (χ0) is 12.2. The lowest BCUT2D eigenvalue weighted by atomic mass is 9.87. The molecule has 1 aliphatic carbocycles. The highest BCUT2D eigenvalue weighted by atomic mass is 32.2. The highest BCUT2D eigenvalue weighted by Gasteiger charge is 2.41. The van der Waals surface area contributed by atoms with Crippen LogP contribution in [0.4, 0.5) is 0 Å². The Kier molecular flexibility index (Phi) is 5.12. The number of hydrogen-bond acceptors (Lipinski definition) is 4. The molecule has 0 spiro atoms. The lowest BCUT2D eigenvalue weighted by Crippen LogP contribution is -2.41. The van der Waals surface area contributed by atoms with Gasteiger partial charge in [-0.1, -0.05) is 13.8 Å². The van der Waals surface area contributed by atoms with E-state index in [0.29, 0.717) is 29.1 Å². The van der Waals surface area contributed by atoms with Gasteiger partial charge in [0.05, 0.1) is 12.4 Å². The number of esters is 1. The van der Waals surface area contributed by atoms with Gasteiger partial charge >= 0.3 is 5.97 Å². The number of ether oxygens (including phenoxy) is 1. The first-order chi connectivity index (χ1) is 7.51. The molecule has 94 valence electrons. The second-order valence-corrected chi connectivity index (χ2v) is 6.18. The minimum Gasteiger partial charge on any atom is -0.465 e. The number of thioether (sulfide) groups is 1. The van der Waals surface area contributed by atoms with Gasteiger partial charge < -0.3 is 10.1 Å². The van der Waals surface area contributed by atoms with Crippen LogP contribution in [0.1, 0.15) is 33.6 Å². The van der Waals surface area contributed by atoms with Crippen molar-refractivity contribution in [3.63, 3.8) is 0 Å². The molecule has 1 fully saturated rings. The van der Waals surface area contributed by atoms with Gasteiger partial charge in [-0.05, 0) is 32.2 Å². The van der Waals surface area contributed by atoms with E-state index in [-0.39, 0.29) is 5.97 Å². The van der Waals surface area contributed by atoms with Gasteiger partial charge in [0.2, 0.25) is 0 Å². The molecule has 2 unspecified atom stereocenters. The topological polar surface area (TPSA) is 38.3 Å². The summed E-state index contributed by atoms with van der Waals surface area (Å²) in [6.45, 7) is 6.90. The second kappa shape index (κ2) is 5.92. The van der Waals surface area contributed by atoms with Crippen LogP contribution in [0.25, 0.3) is 0 Å². The highest BCUT2D eigenvalue weighted by molar-refractivity contribution is 8.00. The van der Waals surface area contributed by atoms with Crippen LogP contribution in [0.5, 0.6) is 0 Å². The Hall–Kier alpha value is -0.220. The van der Waals surface area contributed by atoms with Gasteiger partial charge in [0, 0.05) is 11.3 Å². The fraction of sp³-hybridized carbons (Fsp3) is 0.917. The monoisotopic (exact) mass is 245 g/mol. The molecule has 16 heavy (non-hydrogen) atoms. The molecular formula is C12H23NO2S. The van der Waals surface area contributed by atoms with Gasteiger partial charge in [0.25, 0.3) is 0 Å². The van der Waals surface area contributed by atoms with Crippen LogP contribution in [0.3, 0.4) is 0 Å². The molecule has 0 heterocycles. The van der Waals surface area contributed by atoms with Crippen LogP contribution in [0.15, 0.2) is 0 Å². The molecule has 0 aromatic heterocycles. The molecular weight excluding hydrogens is 222 g/mol. The van der Waals surface area contributed by atoms with Crippen LogP contribution >= 0.6 is 11.8 Å². The summed E-state index contributed by atoms with van der Waals surface area (Å²) in [4.78, 5) is 11.3. The summed E-state index contributed by atoms with van der Waals surface area (Å²) >= 11 is 1.73. The zero-order valence-corrected chi connectivity index (χ0v) is 11.5. The summed E-state index contributed by atoms with van der Waals surface area (Å²) in [5, 5.41) is 3.92. The molecule has 0 amide bonds. The standard InChI is InChI=1S/C12H23NO2S/c1-5-15-10(14)8-16-9-6-7-12(2,3)11(9)13-4/h9,11,13H,5-8H2,1-4H3. The van der Waals surface area contributed by atoms with Crippen LogP contribution in [-0.4, -0.2) is 36.7 Å². The fourth-order valence-corrected chi connectivity index (χ4v) is 3.89. The molecule has 1 rings (SSSR count). The van der Waals surface area contributed by atoms with Gasteiger partial charge in [-0.15, -0.1) is 11.8 Å². The normalized spacial score (nSPS) is 28.0. The minimum absolute atomic E-state index is 0.0907. The van der Waals surface area contributed by atoms with Crippen LogP contribution < -0.4 is 5.32 Å². The van der Waals surface area contributed by atoms with Gasteiger partial charge in [0.1, 0.15) is 0 Å². The van der Waals surface area contributed by atoms with Crippen molar-refractivity contribution in [2.24, 2.45) is 5.41 Å². The van der Waals surface area contributed by atoms with E-state index in [2.05, 4.69) is 19.2 Å². The number of carbonyl (C=O) groups excluding carboxylic acids is 1. The van der Waals surface area contributed by atoms with Crippen molar-refractivity contribution in [1.29, 1.82) is 0 Å². The summed E-state index contributed by atoms with van der Waals surface area (Å²) in [6.07, 6.45) is 2.40. The molecule has 0 saturated heterocycles. The highest BCUT2D eigenvalue weighted by Crippen LogP contribution is 2.42. The quantitative estimate of drug-likeness (QED) is 0.753. The van der Waals surface area contributed by atoms with Crippen molar-refractivity contribution in [2.75, 3.05) is 19.4 Å². The Morgan fingerprint density at radius 2 is 2.25 bits per heavy atom. The summed E-state index contributed by atoms with van der Waals surface area (Å²) in [5.41, 5.74) is 0.334. The maximum atomic E-state index is 11.3. The predicted octanol–water partition coefficient (Wildman–Crippen LogP) is 2.06. The number of rotatable bonds is 5. The van der Waals surface area contributed by atoms with E-state index in [1.807, 2.05) is 14.0 Å². The summed E-state index contributed by atoms with van der Waals surface area (Å²) in [6, 6.07) is 0.493. The van der Waals surface area contributed by atoms with E-state index in [9.17, 15) is 4.79 Å². The number of carbonyl (C=O) groups is 1. The molecule has 2 atom stereocenters. The predicted molar refractivity (Wildman–Crippen MR) is 68.7 cm³/mol. The van der Waals surface area contributed by atoms with E-state index < -0.39 is 0 Å². The number of hydrogen-bond donors (Lipinski definition) is 1. The first-order valence-electron chi connectivity index (χ1n) is 5.95. The van der Waals surface area contributed by atoms with E-state index >= 15 is 0 Å². The SMILES string of the molecule is CCOC(=O)CSC1CCC(C)(C)C1NC. The molecule has 0 aromatic rings. The zero-order valence-electron chi connectivity index (χ0n) is 10.7. The van der Waals surface area contributed by atoms with Crippen molar-refractivity contribution in [3.8, 4) is 0 Å². The van der Waals surface area contributed by atoms with E-state index in [0.717, 1.165) is 0 Å². The summed E-state index contributed by atoms with van der Waals surface area (Å²) in [5.74, 6) is 0.388. The molecule has 0 aliphatic heterocycles. The molecule has 3 nitrogen and oxygen atoms in total. The van der Waals surface area contributed by atoms with Gasteiger partial charge in [-0.3, -0.25) is 4.79 Å². The van der Waals surface area contributed by atoms with Crippen molar-refractivity contribution in [1.82, 2.24) is 5.32 Å². The van der Waals surface area contributed by atoms with Gasteiger partial charge in [-0.2, -0.15) is 0 Å². The Morgan fingerprint density at radius 3 is 2.81 bits per heavy atom. The van der Waals surface area contributed by atoms with Crippen LogP contribution in [0.2, 0.25) is 0 Å². The first-order valence-corrected chi connectivity index (χ1v) is 7.00. The second-order valence-electron chi connectivity index (χ2n) is 4.95. The third-order valence-electron chi connectivity index (χ3n) is 3.32. The number of nitrogens with one attached hydrogen (secondary N) is 1. The summed E-state index contributed by atoms with van der Waals surface area (Å²) in [7, 11) is 2.01. The lowest BCUT2D eigenvalue weighted by Gasteiger charge is -2.30. The first kappa shape index (κ1) is 13.8. The Labute approximate surface area is 103 Å². The van der Waals surface area contributed by atoms with Crippen molar-refractivity contribution >= 4 is 17.7 Å². The third kappa shape index (κ3) is 3.39. The molecule has 1 aliphatic rings. The maximum absolute atomic E-state index is 11.3. The van der Waals surface area contributed by atoms with E-state index in [1.54, 1.807) is 11.8 Å². The van der Waals surface area contributed by atoms with Gasteiger partial charge in [-0.25, -0.2) is 0 Å². The van der Waals surface area contributed by atoms with Crippen molar-refractivity contribution < 1.29 is 9.53 Å². The van der Waals surface area contributed by atoms with E-state index in [1.165, 1.54) is 12.8 Å². The molecule has 4 heteroatoms. The summed E-state index contributed by atoms with van der Waals surface area (Å²) < 4.78 is 4.94. The van der Waals surface area contributed by atoms with E-state index in [4.69, 9.17) is 4.74 Å². The average molecular weight is 245 g/mol. The Bertz CT molecular complexity index is 243. The van der Waals surface area contributed by atoms with Crippen molar-refractivity contribution in [2.45, 2.75) is 44.9 Å². The average Bonchev–Trinajstić information content (AvgIpc) is 2.50. The minimum atomic E-state index is -0.0907. The Morgan fingerprint density at radius 1 is 1.56 bits per heavy atom. The molecule has 1 saturated carbocycles. The third-order valence-corrected chi connectivity index (χ3v) is 4.66. The molecule has 0 radical (unpaired) electrons. The van der Waals surface area contributed by atoms with Crippen LogP contribution in [0, 0.1) is 5.41 Å². The Balaban J connectivity index is 2.40. The van der Waals surface area contributed by atoms with Crippen molar-refractivity contribution in [3.05, 3.63) is 0 Å². The smallest absolute Gasteiger partial charge is 0.315 e. The molecule has 0 aromatic carbocycles. The molecule has 1 N–H and O–H groups in total. The largest absolute Gasteiger partial charge is 0.465 e.